The van der Waals surface area contributed by atoms with Crippen LogP contribution in [0.4, 0.5) is 0 Å². The van der Waals surface area contributed by atoms with E-state index < -0.39 is 10.0 Å². The predicted octanol–water partition coefficient (Wildman–Crippen LogP) is -0.936. The van der Waals surface area contributed by atoms with Gasteiger partial charge in [-0.3, -0.25) is 9.98 Å². The number of amidine groups is 1. The van der Waals surface area contributed by atoms with Crippen LogP contribution >= 0.6 is 0 Å². The van der Waals surface area contributed by atoms with Gasteiger partial charge in [-0.25, -0.2) is 13.6 Å². The van der Waals surface area contributed by atoms with Gasteiger partial charge in [-0.2, -0.15) is 0 Å². The summed E-state index contributed by atoms with van der Waals surface area (Å²) in [5.41, 5.74) is 5.91. The lowest BCUT2D eigenvalue weighted by Gasteiger charge is -2.01. The Morgan fingerprint density at radius 2 is 2.14 bits per heavy atom. The highest BCUT2D eigenvalue weighted by molar-refractivity contribution is 7.89. The van der Waals surface area contributed by atoms with E-state index in [1.54, 1.807) is 0 Å². The molecule has 7 heteroatoms. The Hall–Kier alpha value is -1.47. The normalized spacial score (nSPS) is 12.9. The van der Waals surface area contributed by atoms with Gasteiger partial charge in [0.2, 0.25) is 10.0 Å². The van der Waals surface area contributed by atoms with Gasteiger partial charge in [0.1, 0.15) is 10.7 Å². The van der Waals surface area contributed by atoms with Crippen LogP contribution in [-0.2, 0) is 10.0 Å². The molecule has 1 rings (SSSR count). The second-order valence-corrected chi connectivity index (χ2v) is 4.12. The lowest BCUT2D eigenvalue weighted by atomic mass is 10.3. The van der Waals surface area contributed by atoms with Gasteiger partial charge in [-0.1, -0.05) is 0 Å². The van der Waals surface area contributed by atoms with E-state index in [0.717, 1.165) is 6.20 Å². The molecule has 0 fully saturated rings. The maximum Gasteiger partial charge on any atom is 0.239 e. The van der Waals surface area contributed by atoms with E-state index in [1.807, 2.05) is 0 Å². The van der Waals surface area contributed by atoms with Gasteiger partial charge in [0.15, 0.2) is 0 Å². The molecular weight excluding hydrogens is 204 g/mol. The number of nitrogens with two attached hydrogens (primary N) is 2. The third-order valence-corrected chi connectivity index (χ3v) is 2.46. The van der Waals surface area contributed by atoms with Crippen molar-refractivity contribution in [2.24, 2.45) is 15.9 Å². The molecule has 1 aromatic rings. The highest BCUT2D eigenvalue weighted by atomic mass is 32.2. The second kappa shape index (κ2) is 3.72. The molecule has 0 bridgehead atoms. The number of primary sulfonamides is 1. The SMILES string of the molecule is CN=C(N)c1cncc(S(N)(=O)=O)c1. The fraction of sp³-hybridized carbons (Fsp3) is 0.143. The highest BCUT2D eigenvalue weighted by Gasteiger charge is 2.09. The van der Waals surface area contributed by atoms with Crippen LogP contribution in [0.2, 0.25) is 0 Å². The lowest BCUT2D eigenvalue weighted by molar-refractivity contribution is 0.597. The number of hydrogen-bond donors (Lipinski definition) is 2. The van der Waals surface area contributed by atoms with Crippen molar-refractivity contribution in [3.8, 4) is 0 Å². The van der Waals surface area contributed by atoms with Crippen molar-refractivity contribution in [1.82, 2.24) is 4.98 Å². The molecular formula is C7H10N4O2S. The second-order valence-electron chi connectivity index (χ2n) is 2.56. The van der Waals surface area contributed by atoms with Crippen molar-refractivity contribution in [3.05, 3.63) is 24.0 Å². The molecule has 1 aromatic heterocycles. The minimum atomic E-state index is -3.74. The molecule has 1 heterocycles. The zero-order valence-corrected chi connectivity index (χ0v) is 8.32. The van der Waals surface area contributed by atoms with E-state index in [9.17, 15) is 8.42 Å². The molecule has 14 heavy (non-hydrogen) atoms. The molecule has 0 spiro atoms. The molecule has 76 valence electrons. The molecule has 0 atom stereocenters. The molecule has 0 aliphatic rings. The van der Waals surface area contributed by atoms with Crippen LogP contribution in [0.1, 0.15) is 5.56 Å². The summed E-state index contributed by atoms with van der Waals surface area (Å²) >= 11 is 0. The minimum Gasteiger partial charge on any atom is -0.383 e. The minimum absolute atomic E-state index is 0.0819. The van der Waals surface area contributed by atoms with Gasteiger partial charge in [-0.05, 0) is 6.07 Å². The van der Waals surface area contributed by atoms with Gasteiger partial charge in [0.05, 0.1) is 0 Å². The Kier molecular flexibility index (Phi) is 2.82. The largest absolute Gasteiger partial charge is 0.383 e. The monoisotopic (exact) mass is 214 g/mol. The third kappa shape index (κ3) is 2.27. The van der Waals surface area contributed by atoms with E-state index in [-0.39, 0.29) is 10.7 Å². The Labute approximate surface area is 81.7 Å². The Balaban J connectivity index is 3.28. The summed E-state index contributed by atoms with van der Waals surface area (Å²) in [6.45, 7) is 0. The Morgan fingerprint density at radius 1 is 1.50 bits per heavy atom. The van der Waals surface area contributed by atoms with Gasteiger partial charge >= 0.3 is 0 Å². The first kappa shape index (κ1) is 10.6. The van der Waals surface area contributed by atoms with Crippen molar-refractivity contribution >= 4 is 15.9 Å². The first-order chi connectivity index (χ1) is 6.45. The number of aliphatic imine (C=N–C) groups is 1. The smallest absolute Gasteiger partial charge is 0.239 e. The maximum absolute atomic E-state index is 11.0. The molecule has 6 nitrogen and oxygen atoms in total. The molecule has 0 saturated heterocycles. The van der Waals surface area contributed by atoms with E-state index >= 15 is 0 Å². The van der Waals surface area contributed by atoms with Gasteiger partial charge < -0.3 is 5.73 Å². The van der Waals surface area contributed by atoms with E-state index in [2.05, 4.69) is 9.98 Å². The first-order valence-corrected chi connectivity index (χ1v) is 5.20. The van der Waals surface area contributed by atoms with Crippen molar-refractivity contribution in [2.45, 2.75) is 4.90 Å². The molecule has 0 unspecified atom stereocenters. The van der Waals surface area contributed by atoms with Crippen LogP contribution in [0.15, 0.2) is 28.3 Å². The summed E-state index contributed by atoms with van der Waals surface area (Å²) in [4.78, 5) is 7.32. The summed E-state index contributed by atoms with van der Waals surface area (Å²) in [5, 5.41) is 4.92. The van der Waals surface area contributed by atoms with Crippen LogP contribution in [0, 0.1) is 0 Å². The summed E-state index contributed by atoms with van der Waals surface area (Å²) < 4.78 is 21.9. The number of hydrogen-bond acceptors (Lipinski definition) is 4. The van der Waals surface area contributed by atoms with Crippen molar-refractivity contribution in [2.75, 3.05) is 7.05 Å². The molecule has 4 N–H and O–H groups in total. The summed E-state index contributed by atoms with van der Waals surface area (Å²) in [6.07, 6.45) is 2.57. The van der Waals surface area contributed by atoms with Crippen LogP contribution in [0.5, 0.6) is 0 Å². The number of pyridine rings is 1. The zero-order chi connectivity index (χ0) is 10.8. The average molecular weight is 214 g/mol. The summed E-state index contributed by atoms with van der Waals surface area (Å²) in [6, 6.07) is 1.32. The van der Waals surface area contributed by atoms with Crippen LogP contribution in [-0.4, -0.2) is 26.3 Å². The van der Waals surface area contributed by atoms with Crippen molar-refractivity contribution in [1.29, 1.82) is 0 Å². The standard InChI is InChI=1S/C7H10N4O2S/c1-10-7(8)5-2-6(4-11-3-5)14(9,12)13/h2-4H,1H3,(H2,8,10)(H2,9,12,13). The quantitative estimate of drug-likeness (QED) is 0.489. The number of aromatic nitrogens is 1. The zero-order valence-electron chi connectivity index (χ0n) is 7.51. The van der Waals surface area contributed by atoms with Crippen molar-refractivity contribution < 1.29 is 8.42 Å². The fourth-order valence-electron chi connectivity index (χ4n) is 0.844. The number of rotatable bonds is 2. The molecule has 0 amide bonds. The van der Waals surface area contributed by atoms with Gasteiger partial charge in [-0.15, -0.1) is 0 Å². The van der Waals surface area contributed by atoms with Crippen LogP contribution in [0.3, 0.4) is 0 Å². The first-order valence-electron chi connectivity index (χ1n) is 3.65. The van der Waals surface area contributed by atoms with Gasteiger partial charge in [0, 0.05) is 25.0 Å². The maximum atomic E-state index is 11.0. The van der Waals surface area contributed by atoms with E-state index in [0.29, 0.717) is 5.56 Å². The molecule has 0 aliphatic heterocycles. The number of nitrogens with zero attached hydrogens (tertiary/aromatic N) is 2. The van der Waals surface area contributed by atoms with E-state index in [1.165, 1.54) is 19.3 Å². The Morgan fingerprint density at radius 3 is 2.64 bits per heavy atom. The van der Waals surface area contributed by atoms with E-state index in [4.69, 9.17) is 10.9 Å². The third-order valence-electron chi connectivity index (χ3n) is 1.58. The van der Waals surface area contributed by atoms with Crippen LogP contribution < -0.4 is 10.9 Å². The Bertz CT molecular complexity index is 466. The average Bonchev–Trinajstić information content (AvgIpc) is 2.15. The summed E-state index contributed by atoms with van der Waals surface area (Å²) in [7, 11) is -2.24. The fourth-order valence-corrected chi connectivity index (χ4v) is 1.34. The molecule has 0 aromatic carbocycles. The van der Waals surface area contributed by atoms with Gasteiger partial charge in [0.25, 0.3) is 0 Å². The van der Waals surface area contributed by atoms with Crippen LogP contribution in [0.25, 0.3) is 0 Å². The summed E-state index contributed by atoms with van der Waals surface area (Å²) in [5.74, 6) is 0.211. The topological polar surface area (TPSA) is 111 Å². The number of sulfonamides is 1. The molecule has 0 saturated carbocycles. The lowest BCUT2D eigenvalue weighted by Crippen LogP contribution is -2.17. The molecule has 0 radical (unpaired) electrons. The highest BCUT2D eigenvalue weighted by Crippen LogP contribution is 2.06. The van der Waals surface area contributed by atoms with Crippen molar-refractivity contribution in [3.63, 3.8) is 0 Å². The molecule has 0 aliphatic carbocycles. The predicted molar refractivity (Wildman–Crippen MR) is 52.3 cm³/mol.